The molecule has 0 aliphatic carbocycles. The summed E-state index contributed by atoms with van der Waals surface area (Å²) in [6.07, 6.45) is 1.61. The van der Waals surface area contributed by atoms with Crippen molar-refractivity contribution in [1.29, 1.82) is 5.26 Å². The highest BCUT2D eigenvalue weighted by molar-refractivity contribution is 6.14. The molecule has 0 heterocycles. The number of nitrogens with zero attached hydrogens (tertiary/aromatic N) is 1. The third-order valence-corrected chi connectivity index (χ3v) is 4.57. The minimum Gasteiger partial charge on any atom is -0.321 e. The Morgan fingerprint density at radius 3 is 2.04 bits per heavy atom. The molecular weight excluding hydrogens is 351 g/mol. The first-order valence-corrected chi connectivity index (χ1v) is 8.75. The van der Waals surface area contributed by atoms with E-state index in [-0.39, 0.29) is 5.57 Å². The molecule has 4 aromatic carbocycles. The lowest BCUT2D eigenvalue weighted by Crippen LogP contribution is -2.13. The van der Waals surface area contributed by atoms with Crippen LogP contribution in [0.3, 0.4) is 0 Å². The predicted octanol–water partition coefficient (Wildman–Crippen LogP) is 5.68. The molecule has 0 fully saturated rings. The van der Waals surface area contributed by atoms with Gasteiger partial charge in [0.2, 0.25) is 0 Å². The van der Waals surface area contributed by atoms with Gasteiger partial charge in [0.15, 0.2) is 0 Å². The van der Waals surface area contributed by atoms with Gasteiger partial charge in [0, 0.05) is 5.69 Å². The zero-order valence-electron chi connectivity index (χ0n) is 14.8. The highest BCUT2D eigenvalue weighted by atomic mass is 19.1. The Balaban J connectivity index is 1.83. The fourth-order valence-electron chi connectivity index (χ4n) is 3.23. The van der Waals surface area contributed by atoms with Crippen LogP contribution in [-0.4, -0.2) is 5.91 Å². The lowest BCUT2D eigenvalue weighted by molar-refractivity contribution is -0.112. The lowest BCUT2D eigenvalue weighted by Gasteiger charge is -2.09. The third-order valence-electron chi connectivity index (χ3n) is 4.57. The molecule has 4 aromatic rings. The van der Waals surface area contributed by atoms with E-state index in [0.29, 0.717) is 5.69 Å². The van der Waals surface area contributed by atoms with E-state index >= 15 is 0 Å². The van der Waals surface area contributed by atoms with E-state index in [1.807, 2.05) is 54.6 Å². The molecule has 0 aliphatic rings. The van der Waals surface area contributed by atoms with Crippen LogP contribution in [0.5, 0.6) is 0 Å². The maximum Gasteiger partial charge on any atom is 0.266 e. The minimum absolute atomic E-state index is 0.0224. The summed E-state index contributed by atoms with van der Waals surface area (Å²) in [5.41, 5.74) is 1.22. The van der Waals surface area contributed by atoms with Crippen LogP contribution >= 0.6 is 0 Å². The van der Waals surface area contributed by atoms with Gasteiger partial charge in [0.1, 0.15) is 17.5 Å². The zero-order chi connectivity index (χ0) is 19.5. The molecule has 0 spiro atoms. The zero-order valence-corrected chi connectivity index (χ0v) is 14.8. The molecule has 0 radical (unpaired) electrons. The van der Waals surface area contributed by atoms with Crippen molar-refractivity contribution in [3.63, 3.8) is 0 Å². The maximum atomic E-state index is 13.1. The number of rotatable bonds is 3. The van der Waals surface area contributed by atoms with Crippen molar-refractivity contribution in [2.24, 2.45) is 0 Å². The quantitative estimate of drug-likeness (QED) is 0.288. The van der Waals surface area contributed by atoms with Crippen LogP contribution in [0.25, 0.3) is 27.6 Å². The van der Waals surface area contributed by atoms with Crippen molar-refractivity contribution < 1.29 is 9.18 Å². The predicted molar refractivity (Wildman–Crippen MR) is 110 cm³/mol. The molecule has 134 valence electrons. The second-order valence-electron chi connectivity index (χ2n) is 6.36. The first kappa shape index (κ1) is 17.4. The van der Waals surface area contributed by atoms with Gasteiger partial charge in [-0.3, -0.25) is 4.79 Å². The Morgan fingerprint density at radius 1 is 0.893 bits per heavy atom. The summed E-state index contributed by atoms with van der Waals surface area (Å²) in [7, 11) is 0. The molecule has 0 aromatic heterocycles. The Labute approximate surface area is 161 Å². The van der Waals surface area contributed by atoms with Gasteiger partial charge in [-0.1, -0.05) is 48.5 Å². The summed E-state index contributed by atoms with van der Waals surface area (Å²) >= 11 is 0. The second kappa shape index (κ2) is 7.34. The molecule has 0 saturated heterocycles. The van der Waals surface area contributed by atoms with E-state index in [2.05, 4.69) is 11.4 Å². The maximum absolute atomic E-state index is 13.1. The number of nitrogens with one attached hydrogen (secondary N) is 1. The van der Waals surface area contributed by atoms with Crippen molar-refractivity contribution in [2.45, 2.75) is 0 Å². The number of halogens is 1. The van der Waals surface area contributed by atoms with Gasteiger partial charge >= 0.3 is 0 Å². The van der Waals surface area contributed by atoms with E-state index < -0.39 is 11.7 Å². The summed E-state index contributed by atoms with van der Waals surface area (Å²) in [4.78, 5) is 12.6. The SMILES string of the molecule is N#CC(=Cc1c2ccccc2cc2ccccc12)C(=O)Nc1ccc(F)cc1. The molecule has 28 heavy (non-hydrogen) atoms. The number of fused-ring (bicyclic) bond motifs is 2. The number of amides is 1. The number of hydrogen-bond donors (Lipinski definition) is 1. The van der Waals surface area contributed by atoms with Crippen LogP contribution in [0.1, 0.15) is 5.56 Å². The highest BCUT2D eigenvalue weighted by Gasteiger charge is 2.12. The van der Waals surface area contributed by atoms with Crippen LogP contribution in [0.2, 0.25) is 0 Å². The first-order chi connectivity index (χ1) is 13.7. The number of carbonyl (C=O) groups is 1. The lowest BCUT2D eigenvalue weighted by atomic mass is 9.95. The van der Waals surface area contributed by atoms with Crippen LogP contribution in [-0.2, 0) is 4.79 Å². The summed E-state index contributed by atoms with van der Waals surface area (Å²) in [6, 6.07) is 25.2. The van der Waals surface area contributed by atoms with E-state index in [1.54, 1.807) is 6.08 Å². The standard InChI is InChI=1S/C24H15FN2O/c25-19-9-11-20(12-10-19)27-24(28)18(15-26)14-23-21-7-3-1-5-16(21)13-17-6-2-4-8-22(17)23/h1-14H,(H,27,28). The van der Waals surface area contributed by atoms with E-state index in [9.17, 15) is 14.4 Å². The Kier molecular flexibility index (Phi) is 4.57. The molecule has 4 heteroatoms. The minimum atomic E-state index is -0.536. The number of anilines is 1. The van der Waals surface area contributed by atoms with Gasteiger partial charge in [-0.25, -0.2) is 4.39 Å². The molecule has 0 bridgehead atoms. The van der Waals surface area contributed by atoms with Gasteiger partial charge in [0.25, 0.3) is 5.91 Å². The van der Waals surface area contributed by atoms with Crippen molar-refractivity contribution in [1.82, 2.24) is 0 Å². The number of benzene rings is 4. The number of carbonyl (C=O) groups excluding carboxylic acids is 1. The van der Waals surface area contributed by atoms with Crippen molar-refractivity contribution >= 4 is 39.2 Å². The average Bonchev–Trinajstić information content (AvgIpc) is 2.72. The largest absolute Gasteiger partial charge is 0.321 e. The Bertz CT molecular complexity index is 1210. The Hall–Kier alpha value is -3.97. The third kappa shape index (κ3) is 3.34. The topological polar surface area (TPSA) is 52.9 Å². The molecule has 4 rings (SSSR count). The smallest absolute Gasteiger partial charge is 0.266 e. The molecule has 0 unspecified atom stereocenters. The fourth-order valence-corrected chi connectivity index (χ4v) is 3.23. The summed E-state index contributed by atoms with van der Waals surface area (Å²) in [5.74, 6) is -0.928. The second-order valence-corrected chi connectivity index (χ2v) is 6.36. The average molecular weight is 366 g/mol. The van der Waals surface area contributed by atoms with Gasteiger partial charge < -0.3 is 5.32 Å². The van der Waals surface area contributed by atoms with E-state index in [1.165, 1.54) is 24.3 Å². The van der Waals surface area contributed by atoms with Gasteiger partial charge in [-0.15, -0.1) is 0 Å². The van der Waals surface area contributed by atoms with Crippen LogP contribution in [0, 0.1) is 17.1 Å². The van der Waals surface area contributed by atoms with Crippen LogP contribution in [0.15, 0.2) is 84.4 Å². The van der Waals surface area contributed by atoms with Crippen LogP contribution < -0.4 is 5.32 Å². The van der Waals surface area contributed by atoms with Gasteiger partial charge in [-0.05, 0) is 63.5 Å². The van der Waals surface area contributed by atoms with E-state index in [0.717, 1.165) is 27.1 Å². The number of nitriles is 1. The monoisotopic (exact) mass is 366 g/mol. The summed E-state index contributed by atoms with van der Waals surface area (Å²) < 4.78 is 13.1. The van der Waals surface area contributed by atoms with Crippen molar-refractivity contribution in [3.8, 4) is 6.07 Å². The molecule has 3 nitrogen and oxygen atoms in total. The molecule has 0 saturated carbocycles. The fraction of sp³-hybridized carbons (Fsp3) is 0. The van der Waals surface area contributed by atoms with Gasteiger partial charge in [0.05, 0.1) is 0 Å². The first-order valence-electron chi connectivity index (χ1n) is 8.75. The molecule has 1 N–H and O–H groups in total. The molecule has 1 amide bonds. The van der Waals surface area contributed by atoms with E-state index in [4.69, 9.17) is 0 Å². The van der Waals surface area contributed by atoms with Crippen LogP contribution in [0.4, 0.5) is 10.1 Å². The van der Waals surface area contributed by atoms with Crippen molar-refractivity contribution in [2.75, 3.05) is 5.32 Å². The Morgan fingerprint density at radius 2 is 1.46 bits per heavy atom. The normalized spacial score (nSPS) is 11.4. The molecule has 0 atom stereocenters. The summed E-state index contributed by atoms with van der Waals surface area (Å²) in [6.45, 7) is 0. The number of hydrogen-bond acceptors (Lipinski definition) is 2. The molecular formula is C24H15FN2O. The molecule has 0 aliphatic heterocycles. The highest BCUT2D eigenvalue weighted by Crippen LogP contribution is 2.30. The van der Waals surface area contributed by atoms with Crippen molar-refractivity contribution in [3.05, 3.63) is 95.8 Å². The van der Waals surface area contributed by atoms with Gasteiger partial charge in [-0.2, -0.15) is 5.26 Å². The summed E-state index contributed by atoms with van der Waals surface area (Å²) in [5, 5.41) is 16.2.